The molecule has 0 bridgehead atoms. The predicted octanol–water partition coefficient (Wildman–Crippen LogP) is 0.614. The Balaban J connectivity index is 1.45. The van der Waals surface area contributed by atoms with Gasteiger partial charge in [0.05, 0.1) is 6.42 Å². The van der Waals surface area contributed by atoms with E-state index in [-0.39, 0.29) is 17.9 Å². The van der Waals surface area contributed by atoms with Gasteiger partial charge in [-0.05, 0) is 18.1 Å². The molecule has 1 saturated heterocycles. The van der Waals surface area contributed by atoms with Crippen LogP contribution in [0.4, 0.5) is 5.13 Å². The molecule has 2 aromatic rings. The van der Waals surface area contributed by atoms with Crippen molar-refractivity contribution >= 4 is 51.9 Å². The van der Waals surface area contributed by atoms with E-state index in [1.54, 1.807) is 37.3 Å². The van der Waals surface area contributed by atoms with Gasteiger partial charge in [0, 0.05) is 5.75 Å². The van der Waals surface area contributed by atoms with Crippen LogP contribution in [0.3, 0.4) is 0 Å². The van der Waals surface area contributed by atoms with Crippen LogP contribution in [-0.2, 0) is 19.2 Å². The number of benzene rings is 1. The first-order valence-electron chi connectivity index (χ1n) is 9.87. The zero-order valence-electron chi connectivity index (χ0n) is 17.3. The van der Waals surface area contributed by atoms with E-state index in [9.17, 15) is 24.3 Å². The molecule has 1 fully saturated rings. The number of thioether (sulfide) groups is 1. The van der Waals surface area contributed by atoms with Crippen LogP contribution in [0.25, 0.3) is 0 Å². The summed E-state index contributed by atoms with van der Waals surface area (Å²) in [5.41, 5.74) is 6.67. The molecule has 3 heterocycles. The number of aliphatic carboxylic acids is 1. The number of nitrogens with two attached hydrogens (primary N) is 1. The Labute approximate surface area is 196 Å². The second-order valence-corrected chi connectivity index (χ2v) is 9.68. The number of carbonyl (C=O) groups excluding carboxylic acids is 3. The van der Waals surface area contributed by atoms with Gasteiger partial charge in [0.15, 0.2) is 0 Å². The highest BCUT2D eigenvalue weighted by molar-refractivity contribution is 8.00. The molecule has 1 aromatic carbocycles. The van der Waals surface area contributed by atoms with Crippen molar-refractivity contribution in [1.29, 1.82) is 0 Å². The molecule has 172 valence electrons. The van der Waals surface area contributed by atoms with Crippen LogP contribution in [0.2, 0.25) is 0 Å². The Bertz CT molecular complexity index is 1150. The second kappa shape index (κ2) is 9.29. The van der Waals surface area contributed by atoms with Crippen molar-refractivity contribution < 1.29 is 24.3 Å². The monoisotopic (exact) mass is 488 g/mol. The standard InChI is InChI=1S/C20H20N6O5S2/c1-9-24-25-20(33-9)22-12(27)7-11-8-32-18-14(17(29)26(18)15(11)19(30)31)23-16(28)13(21)10-5-3-2-4-6-10/h2-6,13-14,18H,7-8,21H2,1H3,(H,23,28)(H,30,31)(H,22,25,27)/t13-,14+,18-/m0/s1. The van der Waals surface area contributed by atoms with E-state index in [1.807, 2.05) is 0 Å². The molecule has 3 amide bonds. The smallest absolute Gasteiger partial charge is 0.352 e. The minimum atomic E-state index is -1.31. The molecular formula is C20H20N6O5S2. The summed E-state index contributed by atoms with van der Waals surface area (Å²) in [6.45, 7) is 1.74. The van der Waals surface area contributed by atoms with Crippen molar-refractivity contribution in [3.8, 4) is 0 Å². The van der Waals surface area contributed by atoms with Crippen molar-refractivity contribution in [2.24, 2.45) is 5.73 Å². The summed E-state index contributed by atoms with van der Waals surface area (Å²) >= 11 is 2.48. The number of hydrogen-bond donors (Lipinski definition) is 4. The fourth-order valence-corrected chi connectivity index (χ4v) is 5.53. The minimum Gasteiger partial charge on any atom is -0.477 e. The molecule has 1 aromatic heterocycles. The van der Waals surface area contributed by atoms with Gasteiger partial charge in [-0.3, -0.25) is 19.3 Å². The molecule has 2 aliphatic rings. The van der Waals surface area contributed by atoms with Gasteiger partial charge in [-0.15, -0.1) is 22.0 Å². The minimum absolute atomic E-state index is 0.209. The lowest BCUT2D eigenvalue weighted by Gasteiger charge is -2.49. The molecule has 0 spiro atoms. The lowest BCUT2D eigenvalue weighted by atomic mass is 10.00. The third-order valence-corrected chi connectivity index (χ3v) is 7.23. The number of aromatic nitrogens is 2. The molecular weight excluding hydrogens is 468 g/mol. The summed E-state index contributed by atoms with van der Waals surface area (Å²) in [5, 5.41) is 23.0. The third-order valence-electron chi connectivity index (χ3n) is 5.14. The summed E-state index contributed by atoms with van der Waals surface area (Å²) in [7, 11) is 0. The fourth-order valence-electron chi connectivity index (χ4n) is 3.58. The van der Waals surface area contributed by atoms with Gasteiger partial charge >= 0.3 is 5.97 Å². The number of anilines is 1. The highest BCUT2D eigenvalue weighted by Gasteiger charge is 2.54. The predicted molar refractivity (Wildman–Crippen MR) is 121 cm³/mol. The lowest BCUT2D eigenvalue weighted by molar-refractivity contribution is -0.150. The number of nitrogens with one attached hydrogen (secondary N) is 2. The number of carbonyl (C=O) groups is 4. The maximum atomic E-state index is 12.8. The van der Waals surface area contributed by atoms with Crippen LogP contribution < -0.4 is 16.4 Å². The number of β-lactam (4-membered cyclic amide) rings is 1. The summed E-state index contributed by atoms with van der Waals surface area (Å²) < 4.78 is 0. The van der Waals surface area contributed by atoms with E-state index >= 15 is 0 Å². The largest absolute Gasteiger partial charge is 0.477 e. The molecule has 0 radical (unpaired) electrons. The Kier molecular flexibility index (Phi) is 6.44. The van der Waals surface area contributed by atoms with Crippen LogP contribution >= 0.6 is 23.1 Å². The number of nitrogens with zero attached hydrogens (tertiary/aromatic N) is 3. The summed E-state index contributed by atoms with van der Waals surface area (Å²) in [5.74, 6) is -2.64. The van der Waals surface area contributed by atoms with Crippen molar-refractivity contribution in [1.82, 2.24) is 20.4 Å². The summed E-state index contributed by atoms with van der Waals surface area (Å²) in [4.78, 5) is 50.8. The molecule has 33 heavy (non-hydrogen) atoms. The maximum Gasteiger partial charge on any atom is 0.352 e. The second-order valence-electron chi connectivity index (χ2n) is 7.39. The number of rotatable bonds is 7. The van der Waals surface area contributed by atoms with Crippen LogP contribution in [0, 0.1) is 6.92 Å². The van der Waals surface area contributed by atoms with Crippen molar-refractivity contribution in [2.45, 2.75) is 30.8 Å². The Hall–Kier alpha value is -3.29. The average molecular weight is 489 g/mol. The zero-order valence-corrected chi connectivity index (χ0v) is 19.0. The van der Waals surface area contributed by atoms with Crippen LogP contribution in [0.5, 0.6) is 0 Å². The van der Waals surface area contributed by atoms with Gasteiger partial charge in [-0.1, -0.05) is 41.7 Å². The quantitative estimate of drug-likeness (QED) is 0.408. The SMILES string of the molecule is Cc1nnc(NC(=O)CC2=C(C(=O)O)N3C(=O)[C@@H](NC(=O)[C@@H](N)c4ccccc4)[C@@H]3SC2)s1. The fraction of sp³-hybridized carbons (Fsp3) is 0.300. The van der Waals surface area contributed by atoms with Gasteiger partial charge in [0.2, 0.25) is 16.9 Å². The Morgan fingerprint density at radius 3 is 2.64 bits per heavy atom. The summed E-state index contributed by atoms with van der Waals surface area (Å²) in [6, 6.07) is 6.87. The van der Waals surface area contributed by atoms with Gasteiger partial charge in [-0.25, -0.2) is 4.79 Å². The van der Waals surface area contributed by atoms with Crippen LogP contribution in [0.15, 0.2) is 41.6 Å². The number of fused-ring (bicyclic) bond motifs is 1. The number of carboxylic acids is 1. The van der Waals surface area contributed by atoms with Gasteiger partial charge in [0.25, 0.3) is 5.91 Å². The molecule has 0 saturated carbocycles. The number of hydrogen-bond acceptors (Lipinski definition) is 9. The molecule has 11 nitrogen and oxygen atoms in total. The maximum absolute atomic E-state index is 12.8. The Morgan fingerprint density at radius 1 is 1.27 bits per heavy atom. The normalized spacial score (nSPS) is 20.5. The molecule has 13 heteroatoms. The molecule has 0 unspecified atom stereocenters. The van der Waals surface area contributed by atoms with E-state index in [0.29, 0.717) is 21.3 Å². The first kappa shape index (κ1) is 22.9. The van der Waals surface area contributed by atoms with Crippen molar-refractivity contribution in [3.05, 3.63) is 52.2 Å². The van der Waals surface area contributed by atoms with Gasteiger partial charge in [-0.2, -0.15) is 0 Å². The molecule has 0 aliphatic carbocycles. The van der Waals surface area contributed by atoms with Crippen LogP contribution in [-0.4, -0.2) is 61.1 Å². The topological polar surface area (TPSA) is 168 Å². The van der Waals surface area contributed by atoms with Crippen molar-refractivity contribution in [2.75, 3.05) is 11.1 Å². The van der Waals surface area contributed by atoms with Crippen molar-refractivity contribution in [3.63, 3.8) is 0 Å². The zero-order chi connectivity index (χ0) is 23.7. The molecule has 5 N–H and O–H groups in total. The molecule has 3 atom stereocenters. The number of amides is 3. The number of carboxylic acid groups (broad SMARTS) is 1. The van der Waals surface area contributed by atoms with E-state index in [2.05, 4.69) is 20.8 Å². The highest BCUT2D eigenvalue weighted by atomic mass is 32.2. The number of aryl methyl sites for hydroxylation is 1. The lowest BCUT2D eigenvalue weighted by Crippen LogP contribution is -2.71. The van der Waals surface area contributed by atoms with E-state index in [0.717, 1.165) is 4.90 Å². The molecule has 2 aliphatic heterocycles. The van der Waals surface area contributed by atoms with E-state index in [4.69, 9.17) is 5.73 Å². The highest BCUT2D eigenvalue weighted by Crippen LogP contribution is 2.41. The van der Waals surface area contributed by atoms with E-state index in [1.165, 1.54) is 23.1 Å². The van der Waals surface area contributed by atoms with Crippen LogP contribution in [0.1, 0.15) is 23.0 Å². The first-order valence-corrected chi connectivity index (χ1v) is 11.7. The third kappa shape index (κ3) is 4.60. The Morgan fingerprint density at radius 2 is 2.00 bits per heavy atom. The molecule has 4 rings (SSSR count). The summed E-state index contributed by atoms with van der Waals surface area (Å²) in [6.07, 6.45) is -0.209. The van der Waals surface area contributed by atoms with Gasteiger partial charge in [0.1, 0.15) is 28.2 Å². The first-order chi connectivity index (χ1) is 15.8. The van der Waals surface area contributed by atoms with Gasteiger partial charge < -0.3 is 21.5 Å². The van der Waals surface area contributed by atoms with E-state index < -0.39 is 41.1 Å². The average Bonchev–Trinajstić information content (AvgIpc) is 3.20.